The van der Waals surface area contributed by atoms with Crippen LogP contribution in [0.3, 0.4) is 0 Å². The minimum atomic E-state index is -0.159. The molecular formula is C11H11FO. The third kappa shape index (κ3) is 1.37. The molecule has 0 aromatic heterocycles. The Bertz CT molecular complexity index is 369. The van der Waals surface area contributed by atoms with Crippen LogP contribution in [0.1, 0.15) is 23.1 Å². The number of carbonyl (C=O) groups is 1. The number of fused-ring (bicyclic) bond motifs is 1. The molecule has 0 unspecified atom stereocenters. The lowest BCUT2D eigenvalue weighted by molar-refractivity contribution is -0.118. The molecule has 1 aromatic rings. The minimum Gasteiger partial charge on any atom is -0.299 e. The Hall–Kier alpha value is -1.18. The summed E-state index contributed by atoms with van der Waals surface area (Å²) in [5.74, 6) is 0.103. The number of hydrogen-bond acceptors (Lipinski definition) is 1. The normalized spacial score (nSPS) is 15.7. The lowest BCUT2D eigenvalue weighted by Crippen LogP contribution is -2.14. The number of benzene rings is 1. The maximum Gasteiger partial charge on any atom is 0.137 e. The lowest BCUT2D eigenvalue weighted by atomic mass is 9.88. The van der Waals surface area contributed by atoms with E-state index in [0.717, 1.165) is 11.1 Å². The molecule has 0 bridgehead atoms. The average Bonchev–Trinajstić information content (AvgIpc) is 2.12. The maximum absolute atomic E-state index is 13.1. The predicted molar refractivity (Wildman–Crippen MR) is 48.2 cm³/mol. The first-order valence-corrected chi connectivity index (χ1v) is 4.47. The number of rotatable bonds is 0. The molecule has 1 aliphatic rings. The van der Waals surface area contributed by atoms with Crippen molar-refractivity contribution in [2.75, 3.05) is 0 Å². The van der Waals surface area contributed by atoms with Crippen molar-refractivity contribution in [1.29, 1.82) is 0 Å². The van der Waals surface area contributed by atoms with E-state index >= 15 is 0 Å². The molecule has 0 spiro atoms. The van der Waals surface area contributed by atoms with Crippen LogP contribution in [-0.4, -0.2) is 5.78 Å². The van der Waals surface area contributed by atoms with Crippen molar-refractivity contribution >= 4 is 5.78 Å². The molecule has 13 heavy (non-hydrogen) atoms. The van der Waals surface area contributed by atoms with Gasteiger partial charge in [-0.3, -0.25) is 4.79 Å². The van der Waals surface area contributed by atoms with Gasteiger partial charge < -0.3 is 0 Å². The van der Waals surface area contributed by atoms with Gasteiger partial charge >= 0.3 is 0 Å². The van der Waals surface area contributed by atoms with E-state index < -0.39 is 0 Å². The minimum absolute atomic E-state index is 0.159. The molecule has 0 atom stereocenters. The Kier molecular flexibility index (Phi) is 1.91. The second-order valence-corrected chi connectivity index (χ2v) is 3.53. The van der Waals surface area contributed by atoms with Gasteiger partial charge in [0.25, 0.3) is 0 Å². The first-order chi connectivity index (χ1) is 6.18. The fourth-order valence-electron chi connectivity index (χ4n) is 1.86. The zero-order chi connectivity index (χ0) is 9.42. The van der Waals surface area contributed by atoms with Gasteiger partial charge in [0.2, 0.25) is 0 Å². The van der Waals surface area contributed by atoms with E-state index in [0.29, 0.717) is 24.8 Å². The summed E-state index contributed by atoms with van der Waals surface area (Å²) in [6, 6.07) is 3.18. The maximum atomic E-state index is 13.1. The SMILES string of the molecule is Cc1c(F)ccc2c1CCC(=O)C2. The van der Waals surface area contributed by atoms with Gasteiger partial charge in [0.15, 0.2) is 0 Å². The summed E-state index contributed by atoms with van der Waals surface area (Å²) in [6.45, 7) is 1.78. The molecule has 68 valence electrons. The molecule has 0 saturated heterocycles. The van der Waals surface area contributed by atoms with E-state index in [2.05, 4.69) is 0 Å². The van der Waals surface area contributed by atoms with E-state index in [1.165, 1.54) is 6.07 Å². The van der Waals surface area contributed by atoms with E-state index in [1.54, 1.807) is 13.0 Å². The average molecular weight is 178 g/mol. The van der Waals surface area contributed by atoms with Crippen molar-refractivity contribution in [2.45, 2.75) is 26.2 Å². The van der Waals surface area contributed by atoms with Gasteiger partial charge in [0, 0.05) is 12.8 Å². The number of carbonyl (C=O) groups excluding carboxylic acids is 1. The van der Waals surface area contributed by atoms with Crippen LogP contribution in [0.15, 0.2) is 12.1 Å². The van der Waals surface area contributed by atoms with Crippen LogP contribution in [0.5, 0.6) is 0 Å². The van der Waals surface area contributed by atoms with E-state index in [1.807, 2.05) is 0 Å². The summed E-state index contributed by atoms with van der Waals surface area (Å²) in [7, 11) is 0. The van der Waals surface area contributed by atoms with Crippen molar-refractivity contribution < 1.29 is 9.18 Å². The number of halogens is 1. The molecular weight excluding hydrogens is 167 g/mol. The van der Waals surface area contributed by atoms with Crippen LogP contribution < -0.4 is 0 Å². The Morgan fingerprint density at radius 3 is 2.85 bits per heavy atom. The molecule has 0 N–H and O–H groups in total. The van der Waals surface area contributed by atoms with Crippen molar-refractivity contribution in [1.82, 2.24) is 0 Å². The second kappa shape index (κ2) is 2.95. The van der Waals surface area contributed by atoms with Gasteiger partial charge in [-0.05, 0) is 36.1 Å². The number of hydrogen-bond donors (Lipinski definition) is 0. The predicted octanol–water partition coefficient (Wildman–Crippen LogP) is 2.19. The monoisotopic (exact) mass is 178 g/mol. The Balaban J connectivity index is 2.53. The smallest absolute Gasteiger partial charge is 0.137 e. The van der Waals surface area contributed by atoms with Crippen LogP contribution >= 0.6 is 0 Å². The van der Waals surface area contributed by atoms with Crippen LogP contribution in [0, 0.1) is 12.7 Å². The van der Waals surface area contributed by atoms with Gasteiger partial charge in [0.1, 0.15) is 11.6 Å². The third-order valence-corrected chi connectivity index (χ3v) is 2.67. The molecule has 2 heteroatoms. The fourth-order valence-corrected chi connectivity index (χ4v) is 1.86. The van der Waals surface area contributed by atoms with E-state index in [4.69, 9.17) is 0 Å². The van der Waals surface area contributed by atoms with Gasteiger partial charge in [0.05, 0.1) is 0 Å². The lowest BCUT2D eigenvalue weighted by Gasteiger charge is -2.17. The molecule has 2 rings (SSSR count). The highest BCUT2D eigenvalue weighted by atomic mass is 19.1. The molecule has 0 saturated carbocycles. The number of ketones is 1. The van der Waals surface area contributed by atoms with Crippen molar-refractivity contribution in [3.63, 3.8) is 0 Å². The summed E-state index contributed by atoms with van der Waals surface area (Å²) in [4.78, 5) is 11.1. The van der Waals surface area contributed by atoms with Gasteiger partial charge in [-0.15, -0.1) is 0 Å². The quantitative estimate of drug-likeness (QED) is 0.595. The highest BCUT2D eigenvalue weighted by Gasteiger charge is 2.18. The van der Waals surface area contributed by atoms with Gasteiger partial charge in [-0.1, -0.05) is 6.07 Å². The topological polar surface area (TPSA) is 17.1 Å². The van der Waals surface area contributed by atoms with Gasteiger partial charge in [-0.25, -0.2) is 4.39 Å². The zero-order valence-electron chi connectivity index (χ0n) is 7.56. The molecule has 0 radical (unpaired) electrons. The fraction of sp³-hybridized carbons (Fsp3) is 0.364. The largest absolute Gasteiger partial charge is 0.299 e. The molecule has 1 nitrogen and oxygen atoms in total. The number of Topliss-reactive ketones (excluding diaryl/α,β-unsaturated/α-hetero) is 1. The van der Waals surface area contributed by atoms with Crippen LogP contribution in [0.2, 0.25) is 0 Å². The van der Waals surface area contributed by atoms with E-state index in [9.17, 15) is 9.18 Å². The Labute approximate surface area is 76.6 Å². The molecule has 0 fully saturated rings. The summed E-state index contributed by atoms with van der Waals surface area (Å²) < 4.78 is 13.1. The molecule has 0 aliphatic heterocycles. The second-order valence-electron chi connectivity index (χ2n) is 3.53. The third-order valence-electron chi connectivity index (χ3n) is 2.67. The summed E-state index contributed by atoms with van der Waals surface area (Å²) in [6.07, 6.45) is 1.76. The van der Waals surface area contributed by atoms with Gasteiger partial charge in [-0.2, -0.15) is 0 Å². The first-order valence-electron chi connectivity index (χ1n) is 4.47. The zero-order valence-corrected chi connectivity index (χ0v) is 7.56. The van der Waals surface area contributed by atoms with Crippen LogP contribution in [0.4, 0.5) is 4.39 Å². The first kappa shape index (κ1) is 8.42. The van der Waals surface area contributed by atoms with Crippen molar-refractivity contribution in [2.24, 2.45) is 0 Å². The summed E-state index contributed by atoms with van der Waals surface area (Å²) in [5.41, 5.74) is 2.76. The summed E-state index contributed by atoms with van der Waals surface area (Å²) >= 11 is 0. The Morgan fingerprint density at radius 2 is 2.08 bits per heavy atom. The highest BCUT2D eigenvalue weighted by molar-refractivity contribution is 5.83. The molecule has 0 heterocycles. The molecule has 1 aromatic carbocycles. The van der Waals surface area contributed by atoms with Crippen molar-refractivity contribution in [3.05, 3.63) is 34.6 Å². The standard InChI is InChI=1S/C11H11FO/c1-7-10-4-3-9(13)6-8(10)2-5-11(7)12/h2,5H,3-4,6H2,1H3. The molecule has 0 amide bonds. The Morgan fingerprint density at radius 1 is 1.31 bits per heavy atom. The van der Waals surface area contributed by atoms with Crippen molar-refractivity contribution in [3.8, 4) is 0 Å². The highest BCUT2D eigenvalue weighted by Crippen LogP contribution is 2.24. The van der Waals surface area contributed by atoms with E-state index in [-0.39, 0.29) is 11.6 Å². The van der Waals surface area contributed by atoms with Crippen LogP contribution in [0.25, 0.3) is 0 Å². The summed E-state index contributed by atoms with van der Waals surface area (Å²) in [5, 5.41) is 0. The van der Waals surface area contributed by atoms with Crippen LogP contribution in [-0.2, 0) is 17.6 Å². The molecule has 1 aliphatic carbocycles.